The summed E-state index contributed by atoms with van der Waals surface area (Å²) in [4.78, 5) is 23.7. The van der Waals surface area contributed by atoms with Crippen LogP contribution in [0.2, 0.25) is 0 Å². The molecule has 2 aromatic carbocycles. The molecule has 0 N–H and O–H groups in total. The Bertz CT molecular complexity index is 1300. The van der Waals surface area contributed by atoms with Gasteiger partial charge in [0.1, 0.15) is 0 Å². The molecule has 0 bridgehead atoms. The number of nitro benzene ring substituents is 1. The molecule has 10 heteroatoms. The van der Waals surface area contributed by atoms with Crippen LogP contribution in [0, 0.1) is 10.1 Å². The van der Waals surface area contributed by atoms with Crippen molar-refractivity contribution in [2.75, 3.05) is 13.2 Å². The van der Waals surface area contributed by atoms with Crippen molar-refractivity contribution in [2.45, 2.75) is 30.8 Å². The quantitative estimate of drug-likeness (QED) is 0.170. The molecule has 31 heavy (non-hydrogen) atoms. The highest BCUT2D eigenvalue weighted by molar-refractivity contribution is 7.98. The molecule has 0 amide bonds. The average molecular weight is 439 g/mol. The molecule has 0 spiro atoms. The largest absolute Gasteiger partial charge is 0.382 e. The van der Waals surface area contributed by atoms with Gasteiger partial charge in [-0.2, -0.15) is 0 Å². The number of rotatable bonds is 9. The van der Waals surface area contributed by atoms with E-state index < -0.39 is 4.92 Å². The zero-order valence-corrected chi connectivity index (χ0v) is 17.7. The zero-order valence-electron chi connectivity index (χ0n) is 16.9. The number of aryl methyl sites for hydroxylation is 1. The number of aromatic nitrogens is 4. The van der Waals surface area contributed by atoms with E-state index in [1.807, 2.05) is 35.6 Å². The number of ether oxygens (including phenoxy) is 1. The van der Waals surface area contributed by atoms with Gasteiger partial charge in [0.2, 0.25) is 5.78 Å². The van der Waals surface area contributed by atoms with Crippen LogP contribution in [-0.4, -0.2) is 37.3 Å². The molecule has 160 valence electrons. The third-order valence-electron chi connectivity index (χ3n) is 4.84. The third-order valence-corrected chi connectivity index (χ3v) is 5.84. The van der Waals surface area contributed by atoms with Crippen molar-refractivity contribution in [3.8, 4) is 0 Å². The summed E-state index contributed by atoms with van der Waals surface area (Å²) in [6.07, 6.45) is 0.685. The van der Waals surface area contributed by atoms with Gasteiger partial charge < -0.3 is 4.74 Å². The Hall–Kier alpha value is -3.24. The minimum absolute atomic E-state index is 0.0535. The molecule has 0 atom stereocenters. The fourth-order valence-corrected chi connectivity index (χ4v) is 4.29. The molecule has 2 aromatic heterocycles. The van der Waals surface area contributed by atoms with E-state index in [0.717, 1.165) is 11.1 Å². The molecule has 9 nitrogen and oxygen atoms in total. The van der Waals surface area contributed by atoms with Gasteiger partial charge in [-0.3, -0.25) is 23.9 Å². The fourth-order valence-electron chi connectivity index (χ4n) is 3.41. The van der Waals surface area contributed by atoms with E-state index in [-0.39, 0.29) is 11.2 Å². The first-order valence-electron chi connectivity index (χ1n) is 9.90. The van der Waals surface area contributed by atoms with Crippen LogP contribution in [0.15, 0.2) is 58.5 Å². The van der Waals surface area contributed by atoms with E-state index in [4.69, 9.17) is 4.74 Å². The molecule has 0 aliphatic carbocycles. The molecule has 0 fully saturated rings. The summed E-state index contributed by atoms with van der Waals surface area (Å²) in [5.74, 6) is 0.960. The van der Waals surface area contributed by atoms with Crippen LogP contribution < -0.4 is 5.56 Å². The number of para-hydroxylation sites is 1. The minimum atomic E-state index is -0.408. The molecule has 4 aromatic rings. The van der Waals surface area contributed by atoms with Crippen molar-refractivity contribution in [1.29, 1.82) is 0 Å². The molecule has 0 aliphatic rings. The van der Waals surface area contributed by atoms with Crippen LogP contribution in [0.1, 0.15) is 18.9 Å². The van der Waals surface area contributed by atoms with Crippen molar-refractivity contribution < 1.29 is 9.66 Å². The Balaban J connectivity index is 1.72. The fraction of sp³-hybridized carbons (Fsp3) is 0.286. The summed E-state index contributed by atoms with van der Waals surface area (Å²) in [6, 6.07) is 13.9. The second-order valence-corrected chi connectivity index (χ2v) is 7.80. The van der Waals surface area contributed by atoms with Gasteiger partial charge in [-0.25, -0.2) is 0 Å². The summed E-state index contributed by atoms with van der Waals surface area (Å²) < 4.78 is 8.91. The van der Waals surface area contributed by atoms with Crippen LogP contribution in [-0.2, 0) is 17.0 Å². The standard InChI is InChI=1S/C21H21N5O4S/c1-2-30-12-6-11-24-19(27)17-9-3-4-10-18(17)25-20(24)22-23-21(25)31-14-15-7-5-8-16(13-15)26(28)29/h3-5,7-10,13H,2,6,11-12,14H2,1H3. The molecule has 0 unspecified atom stereocenters. The van der Waals surface area contributed by atoms with Crippen LogP contribution in [0.3, 0.4) is 0 Å². The molecule has 4 rings (SSSR count). The van der Waals surface area contributed by atoms with E-state index in [0.29, 0.717) is 48.3 Å². The van der Waals surface area contributed by atoms with E-state index in [1.165, 1.54) is 17.8 Å². The lowest BCUT2D eigenvalue weighted by Gasteiger charge is -2.11. The van der Waals surface area contributed by atoms with Crippen molar-refractivity contribution in [3.05, 3.63) is 74.6 Å². The van der Waals surface area contributed by atoms with E-state index in [9.17, 15) is 14.9 Å². The number of nitrogens with zero attached hydrogens (tertiary/aromatic N) is 5. The number of hydrogen-bond donors (Lipinski definition) is 0. The SMILES string of the molecule is CCOCCCn1c(=O)c2ccccc2n2c(SCc3cccc([N+](=O)[O-])c3)nnc12. The van der Waals surface area contributed by atoms with Crippen molar-refractivity contribution in [1.82, 2.24) is 19.2 Å². The van der Waals surface area contributed by atoms with Gasteiger partial charge in [0.05, 0.1) is 15.8 Å². The molecule has 0 aliphatic heterocycles. The third kappa shape index (κ3) is 4.30. The molecule has 0 saturated heterocycles. The monoisotopic (exact) mass is 439 g/mol. The summed E-state index contributed by atoms with van der Waals surface area (Å²) in [5, 5.41) is 20.9. The number of non-ortho nitro benzene ring substituents is 1. The van der Waals surface area contributed by atoms with Gasteiger partial charge in [0.15, 0.2) is 5.16 Å². The highest BCUT2D eigenvalue weighted by Crippen LogP contribution is 2.26. The lowest BCUT2D eigenvalue weighted by atomic mass is 10.2. The first-order chi connectivity index (χ1) is 15.1. The lowest BCUT2D eigenvalue weighted by Crippen LogP contribution is -2.24. The Morgan fingerprint density at radius 1 is 1.16 bits per heavy atom. The second-order valence-electron chi connectivity index (χ2n) is 6.86. The summed E-state index contributed by atoms with van der Waals surface area (Å²) >= 11 is 1.42. The Kier molecular flexibility index (Phi) is 6.28. The number of nitro groups is 1. The zero-order chi connectivity index (χ0) is 21.8. The van der Waals surface area contributed by atoms with Gasteiger partial charge in [-0.05, 0) is 31.0 Å². The van der Waals surface area contributed by atoms with Crippen molar-refractivity contribution in [2.24, 2.45) is 0 Å². The number of benzene rings is 2. The van der Waals surface area contributed by atoms with Gasteiger partial charge in [-0.1, -0.05) is 36.0 Å². The maximum Gasteiger partial charge on any atom is 0.269 e. The van der Waals surface area contributed by atoms with E-state index in [2.05, 4.69) is 10.2 Å². The molecule has 0 radical (unpaired) electrons. The smallest absolute Gasteiger partial charge is 0.269 e. The Morgan fingerprint density at radius 2 is 2.00 bits per heavy atom. The molecular weight excluding hydrogens is 418 g/mol. The first-order valence-corrected chi connectivity index (χ1v) is 10.9. The molecule has 0 saturated carbocycles. The van der Waals surface area contributed by atoms with Crippen LogP contribution in [0.25, 0.3) is 16.7 Å². The number of fused-ring (bicyclic) bond motifs is 3. The maximum atomic E-state index is 13.1. The number of hydrogen-bond acceptors (Lipinski definition) is 7. The van der Waals surface area contributed by atoms with Crippen LogP contribution in [0.4, 0.5) is 5.69 Å². The Labute approximate surface area is 181 Å². The van der Waals surface area contributed by atoms with Gasteiger partial charge in [0, 0.05) is 37.6 Å². The van der Waals surface area contributed by atoms with Gasteiger partial charge in [-0.15, -0.1) is 10.2 Å². The second kappa shape index (κ2) is 9.27. The predicted octanol–water partition coefficient (Wildman–Crippen LogP) is 3.67. The van der Waals surface area contributed by atoms with E-state index >= 15 is 0 Å². The summed E-state index contributed by atoms with van der Waals surface area (Å²) in [5.41, 5.74) is 1.49. The minimum Gasteiger partial charge on any atom is -0.382 e. The normalized spacial score (nSPS) is 11.4. The molecule has 2 heterocycles. The van der Waals surface area contributed by atoms with Crippen molar-refractivity contribution in [3.63, 3.8) is 0 Å². The highest BCUT2D eigenvalue weighted by Gasteiger charge is 2.17. The lowest BCUT2D eigenvalue weighted by molar-refractivity contribution is -0.384. The first kappa shape index (κ1) is 21.0. The van der Waals surface area contributed by atoms with Crippen molar-refractivity contribution >= 4 is 34.1 Å². The number of thioether (sulfide) groups is 1. The predicted molar refractivity (Wildman–Crippen MR) is 119 cm³/mol. The average Bonchev–Trinajstić information content (AvgIpc) is 3.21. The van der Waals surface area contributed by atoms with E-state index in [1.54, 1.807) is 22.8 Å². The summed E-state index contributed by atoms with van der Waals surface area (Å²) in [6.45, 7) is 3.60. The topological polar surface area (TPSA) is 105 Å². The maximum absolute atomic E-state index is 13.1. The van der Waals surface area contributed by atoms with Gasteiger partial charge in [0.25, 0.3) is 11.2 Å². The highest BCUT2D eigenvalue weighted by atomic mass is 32.2. The van der Waals surface area contributed by atoms with Crippen LogP contribution in [0.5, 0.6) is 0 Å². The molecular formula is C21H21N5O4S. The Morgan fingerprint density at radius 3 is 2.81 bits per heavy atom. The van der Waals surface area contributed by atoms with Gasteiger partial charge >= 0.3 is 0 Å². The summed E-state index contributed by atoms with van der Waals surface area (Å²) in [7, 11) is 0. The van der Waals surface area contributed by atoms with Crippen LogP contribution >= 0.6 is 11.8 Å².